The fourth-order valence-corrected chi connectivity index (χ4v) is 5.04. The van der Waals surface area contributed by atoms with E-state index >= 15 is 0 Å². The molecular formula is C35H35NO13. The van der Waals surface area contributed by atoms with E-state index in [4.69, 9.17) is 14.2 Å². The number of phenolic OH excluding ortho intramolecular Hbond substituents is 6. The van der Waals surface area contributed by atoms with Crippen molar-refractivity contribution in [1.82, 2.24) is 5.32 Å². The molecule has 258 valence electrons. The average molecular weight is 678 g/mol. The number of aromatic hydroxyl groups is 6. The second-order valence-electron chi connectivity index (χ2n) is 11.1. The first-order chi connectivity index (χ1) is 23.3. The number of aliphatic hydroxyl groups is 1. The molecule has 3 aromatic carbocycles. The fraction of sp³-hybridized carbons (Fsp3) is 0.229. The molecule has 1 fully saturated rings. The zero-order valence-electron chi connectivity index (χ0n) is 26.1. The first-order valence-corrected chi connectivity index (χ1v) is 14.8. The molecule has 1 aliphatic carbocycles. The van der Waals surface area contributed by atoms with Crippen LogP contribution in [0.1, 0.15) is 29.5 Å². The second-order valence-corrected chi connectivity index (χ2v) is 11.1. The summed E-state index contributed by atoms with van der Waals surface area (Å²) < 4.78 is 17.2. The lowest BCUT2D eigenvalue weighted by Gasteiger charge is -2.43. The van der Waals surface area contributed by atoms with Crippen molar-refractivity contribution in [3.05, 3.63) is 89.5 Å². The lowest BCUT2D eigenvalue weighted by Crippen LogP contribution is -2.60. The zero-order valence-corrected chi connectivity index (χ0v) is 26.1. The van der Waals surface area contributed by atoms with E-state index in [1.807, 2.05) is 0 Å². The quantitative estimate of drug-likeness (QED) is 0.0830. The van der Waals surface area contributed by atoms with E-state index in [1.165, 1.54) is 79.9 Å². The summed E-state index contributed by atoms with van der Waals surface area (Å²) in [5, 5.41) is 71.6. The molecule has 3 aromatic rings. The number of amides is 1. The van der Waals surface area contributed by atoms with Gasteiger partial charge in [0.2, 0.25) is 0 Å². The Hall–Kier alpha value is -5.99. The molecule has 0 saturated heterocycles. The Bertz CT molecular complexity index is 1780. The van der Waals surface area contributed by atoms with Gasteiger partial charge in [-0.05, 0) is 65.2 Å². The normalized spacial score (nSPS) is 20.8. The Labute approximate surface area is 280 Å². The summed E-state index contributed by atoms with van der Waals surface area (Å²) in [6.07, 6.45) is 2.87. The summed E-state index contributed by atoms with van der Waals surface area (Å²) in [7, 11) is 1.31. The van der Waals surface area contributed by atoms with E-state index in [1.54, 1.807) is 6.08 Å². The smallest absolute Gasteiger partial charge is 0.331 e. The topological polar surface area (TPSA) is 233 Å². The van der Waals surface area contributed by atoms with Crippen LogP contribution in [0, 0.1) is 0 Å². The predicted octanol–water partition coefficient (Wildman–Crippen LogP) is 2.84. The summed E-state index contributed by atoms with van der Waals surface area (Å²) in [5.41, 5.74) is -0.929. The Morgan fingerprint density at radius 3 is 1.61 bits per heavy atom. The third-order valence-electron chi connectivity index (χ3n) is 7.52. The van der Waals surface area contributed by atoms with Gasteiger partial charge >= 0.3 is 11.9 Å². The fourth-order valence-electron chi connectivity index (χ4n) is 5.04. The number of hydrogen-bond donors (Lipinski definition) is 8. The molecule has 0 radical (unpaired) electrons. The van der Waals surface area contributed by atoms with Crippen LogP contribution >= 0.6 is 0 Å². The van der Waals surface area contributed by atoms with E-state index in [9.17, 15) is 50.1 Å². The van der Waals surface area contributed by atoms with E-state index in [2.05, 4.69) is 5.32 Å². The van der Waals surface area contributed by atoms with Crippen molar-refractivity contribution >= 4 is 36.1 Å². The lowest BCUT2D eigenvalue weighted by atomic mass is 9.78. The van der Waals surface area contributed by atoms with Crippen LogP contribution in [0.2, 0.25) is 0 Å². The number of hydrogen-bond acceptors (Lipinski definition) is 13. The Balaban J connectivity index is 1.60. The number of nitrogens with one attached hydrogen (secondary N) is 1. The molecule has 0 aromatic heterocycles. The van der Waals surface area contributed by atoms with Crippen LogP contribution in [0.15, 0.2) is 72.8 Å². The van der Waals surface area contributed by atoms with Gasteiger partial charge in [0.1, 0.15) is 17.8 Å². The Kier molecular flexibility index (Phi) is 11.5. The van der Waals surface area contributed by atoms with Crippen LogP contribution in [-0.4, -0.2) is 91.2 Å². The van der Waals surface area contributed by atoms with Crippen molar-refractivity contribution in [3.8, 4) is 34.5 Å². The van der Waals surface area contributed by atoms with Gasteiger partial charge in [-0.3, -0.25) is 4.79 Å². The number of phenols is 6. The third kappa shape index (κ3) is 9.53. The highest BCUT2D eigenvalue weighted by Gasteiger charge is 2.52. The van der Waals surface area contributed by atoms with Gasteiger partial charge in [-0.1, -0.05) is 30.4 Å². The van der Waals surface area contributed by atoms with Crippen LogP contribution < -0.4 is 5.32 Å². The molecule has 0 aliphatic heterocycles. The van der Waals surface area contributed by atoms with Gasteiger partial charge in [-0.2, -0.15) is 0 Å². The molecule has 1 aliphatic rings. The highest BCUT2D eigenvalue weighted by atomic mass is 16.6. The largest absolute Gasteiger partial charge is 0.504 e. The number of benzene rings is 3. The number of esters is 2. The zero-order chi connectivity index (χ0) is 35.7. The monoisotopic (exact) mass is 677 g/mol. The van der Waals surface area contributed by atoms with E-state index in [0.29, 0.717) is 16.7 Å². The maximum atomic E-state index is 13.0. The molecular weight excluding hydrogens is 642 g/mol. The lowest BCUT2D eigenvalue weighted by molar-refractivity contribution is -0.204. The van der Waals surface area contributed by atoms with E-state index < -0.39 is 59.7 Å². The Morgan fingerprint density at radius 2 is 1.14 bits per heavy atom. The van der Waals surface area contributed by atoms with Crippen LogP contribution in [0.5, 0.6) is 34.5 Å². The van der Waals surface area contributed by atoms with Crippen molar-refractivity contribution in [2.75, 3.05) is 13.7 Å². The number of likely N-dealkylation sites (N-methyl/N-ethyl adjacent to an activating group) is 1. The van der Waals surface area contributed by atoms with E-state index in [0.717, 1.165) is 12.2 Å². The standard InChI is InChI=1S/C35H35NO13/c1-36-34(45)35(46)18-29(47-14-2-3-20-4-9-23(37)26(40)15-20)33(49-32(44)13-8-22-6-11-25(39)28(42)17-22)30(19-35)48-31(43)12-7-21-5-10-24(38)27(41)16-21/h2-13,15-17,29-30,33,37-42,46H,14,18-19H2,1H3,(H,36,45)/t29-,30-,33-,35+/m1/s1. The molecule has 0 bridgehead atoms. The minimum Gasteiger partial charge on any atom is -0.504 e. The number of rotatable bonds is 11. The molecule has 0 unspecified atom stereocenters. The maximum absolute atomic E-state index is 13.0. The molecule has 4 atom stereocenters. The van der Waals surface area contributed by atoms with Crippen molar-refractivity contribution < 1.29 is 64.3 Å². The number of carbonyl (C=O) groups is 3. The van der Waals surface area contributed by atoms with Crippen LogP contribution in [0.4, 0.5) is 0 Å². The first kappa shape index (κ1) is 35.9. The van der Waals surface area contributed by atoms with Crippen molar-refractivity contribution in [3.63, 3.8) is 0 Å². The van der Waals surface area contributed by atoms with Crippen LogP contribution in [-0.2, 0) is 28.6 Å². The van der Waals surface area contributed by atoms with E-state index in [-0.39, 0.29) is 36.0 Å². The minimum atomic E-state index is -2.12. The van der Waals surface area contributed by atoms with Crippen molar-refractivity contribution in [1.29, 1.82) is 0 Å². The Morgan fingerprint density at radius 1 is 0.694 bits per heavy atom. The predicted molar refractivity (Wildman–Crippen MR) is 174 cm³/mol. The van der Waals surface area contributed by atoms with Gasteiger partial charge in [0.25, 0.3) is 5.91 Å². The molecule has 1 saturated carbocycles. The molecule has 14 nitrogen and oxygen atoms in total. The van der Waals surface area contributed by atoms with Gasteiger partial charge in [0.15, 0.2) is 40.6 Å². The average Bonchev–Trinajstić information content (AvgIpc) is 3.06. The number of carbonyl (C=O) groups excluding carboxylic acids is 3. The van der Waals surface area contributed by atoms with Gasteiger partial charge in [0.05, 0.1) is 6.61 Å². The molecule has 49 heavy (non-hydrogen) atoms. The third-order valence-corrected chi connectivity index (χ3v) is 7.52. The summed E-state index contributed by atoms with van der Waals surface area (Å²) in [5.74, 6) is -4.88. The summed E-state index contributed by atoms with van der Waals surface area (Å²) in [6.45, 7) is -0.155. The highest BCUT2D eigenvalue weighted by molar-refractivity contribution is 5.89. The molecule has 0 spiro atoms. The summed E-state index contributed by atoms with van der Waals surface area (Å²) >= 11 is 0. The molecule has 4 rings (SSSR count). The van der Waals surface area contributed by atoms with Gasteiger partial charge in [0, 0.05) is 32.0 Å². The highest BCUT2D eigenvalue weighted by Crippen LogP contribution is 2.35. The maximum Gasteiger partial charge on any atom is 0.331 e. The first-order valence-electron chi connectivity index (χ1n) is 14.8. The van der Waals surface area contributed by atoms with Gasteiger partial charge < -0.3 is 55.3 Å². The van der Waals surface area contributed by atoms with Gasteiger partial charge in [-0.15, -0.1) is 0 Å². The van der Waals surface area contributed by atoms with Crippen LogP contribution in [0.25, 0.3) is 18.2 Å². The summed E-state index contributed by atoms with van der Waals surface area (Å²) in [4.78, 5) is 38.8. The van der Waals surface area contributed by atoms with Crippen molar-refractivity contribution in [2.24, 2.45) is 0 Å². The number of ether oxygens (including phenoxy) is 3. The molecule has 1 amide bonds. The molecule has 14 heteroatoms. The minimum absolute atomic E-state index is 0.155. The van der Waals surface area contributed by atoms with Crippen molar-refractivity contribution in [2.45, 2.75) is 36.8 Å². The molecule has 0 heterocycles. The molecule has 8 N–H and O–H groups in total. The SMILES string of the molecule is CNC(=O)[C@]1(O)C[C@@H](OCC=Cc2ccc(O)c(O)c2)[C@@H](OC(=O)C=Cc2ccc(O)c(O)c2)[C@H](OC(=O)C=Cc2ccc(O)c(O)c2)C1. The summed E-state index contributed by atoms with van der Waals surface area (Å²) in [6, 6.07) is 11.8. The van der Waals surface area contributed by atoms with Gasteiger partial charge in [-0.25, -0.2) is 9.59 Å². The van der Waals surface area contributed by atoms with Crippen LogP contribution in [0.3, 0.4) is 0 Å². The second kappa shape index (κ2) is 15.7.